The SMILES string of the molecule is CCC(O)OCCCc1ccccc1/C=C/C(=O)O. The van der Waals surface area contributed by atoms with E-state index in [4.69, 9.17) is 9.84 Å². The third-order valence-corrected chi connectivity index (χ3v) is 2.71. The second-order valence-electron chi connectivity index (χ2n) is 4.21. The number of hydrogen-bond donors (Lipinski definition) is 2. The van der Waals surface area contributed by atoms with Crippen LogP contribution in [0.3, 0.4) is 0 Å². The Labute approximate surface area is 113 Å². The third-order valence-electron chi connectivity index (χ3n) is 2.71. The maximum atomic E-state index is 10.5. The molecule has 19 heavy (non-hydrogen) atoms. The fourth-order valence-corrected chi connectivity index (χ4v) is 1.69. The average Bonchev–Trinajstić information content (AvgIpc) is 2.41. The Balaban J connectivity index is 2.51. The molecular weight excluding hydrogens is 244 g/mol. The van der Waals surface area contributed by atoms with Gasteiger partial charge in [0, 0.05) is 6.08 Å². The Hall–Kier alpha value is -1.65. The summed E-state index contributed by atoms with van der Waals surface area (Å²) in [5.74, 6) is -0.954. The molecule has 0 heterocycles. The van der Waals surface area contributed by atoms with Gasteiger partial charge in [0.2, 0.25) is 0 Å². The molecule has 1 atom stereocenters. The van der Waals surface area contributed by atoms with Crippen LogP contribution in [0.5, 0.6) is 0 Å². The number of aryl methyl sites for hydroxylation is 1. The summed E-state index contributed by atoms with van der Waals surface area (Å²) >= 11 is 0. The van der Waals surface area contributed by atoms with Crippen molar-refractivity contribution in [2.24, 2.45) is 0 Å². The van der Waals surface area contributed by atoms with Crippen LogP contribution < -0.4 is 0 Å². The number of ether oxygens (including phenoxy) is 1. The van der Waals surface area contributed by atoms with E-state index >= 15 is 0 Å². The summed E-state index contributed by atoms with van der Waals surface area (Å²) in [4.78, 5) is 10.5. The standard InChI is InChI=1S/C15H20O4/c1-2-15(18)19-11-5-8-12-6-3-4-7-13(12)9-10-14(16)17/h3-4,6-7,9-10,15,18H,2,5,8,11H2,1H3,(H,16,17)/b10-9+. The summed E-state index contributed by atoms with van der Waals surface area (Å²) in [5, 5.41) is 17.9. The lowest BCUT2D eigenvalue weighted by Gasteiger charge is -2.10. The normalized spacial score (nSPS) is 12.7. The van der Waals surface area contributed by atoms with Gasteiger partial charge in [0.05, 0.1) is 6.61 Å². The van der Waals surface area contributed by atoms with E-state index in [-0.39, 0.29) is 0 Å². The Bertz CT molecular complexity index is 426. The summed E-state index contributed by atoms with van der Waals surface area (Å²) in [6, 6.07) is 7.66. The molecule has 0 saturated carbocycles. The molecular formula is C15H20O4. The minimum Gasteiger partial charge on any atom is -0.478 e. The molecule has 0 bridgehead atoms. The summed E-state index contributed by atoms with van der Waals surface area (Å²) in [7, 11) is 0. The number of carbonyl (C=O) groups is 1. The summed E-state index contributed by atoms with van der Waals surface area (Å²) in [6.07, 6.45) is 4.20. The molecule has 0 fully saturated rings. The van der Waals surface area contributed by atoms with Gasteiger partial charge in [-0.3, -0.25) is 0 Å². The molecule has 4 nitrogen and oxygen atoms in total. The smallest absolute Gasteiger partial charge is 0.328 e. The monoisotopic (exact) mass is 264 g/mol. The van der Waals surface area contributed by atoms with Gasteiger partial charge >= 0.3 is 5.97 Å². The fraction of sp³-hybridized carbons (Fsp3) is 0.400. The first-order chi connectivity index (χ1) is 9.13. The molecule has 0 spiro atoms. The molecule has 0 aliphatic rings. The number of aliphatic hydroxyl groups is 1. The lowest BCUT2D eigenvalue weighted by Crippen LogP contribution is -2.11. The maximum absolute atomic E-state index is 10.5. The van der Waals surface area contributed by atoms with Gasteiger partial charge in [-0.2, -0.15) is 0 Å². The van der Waals surface area contributed by atoms with E-state index in [1.807, 2.05) is 31.2 Å². The van der Waals surface area contributed by atoms with Gasteiger partial charge < -0.3 is 14.9 Å². The molecule has 1 aromatic rings. The first-order valence-corrected chi connectivity index (χ1v) is 6.42. The predicted molar refractivity (Wildman–Crippen MR) is 73.7 cm³/mol. The average molecular weight is 264 g/mol. The highest BCUT2D eigenvalue weighted by atomic mass is 16.6. The first kappa shape index (κ1) is 15.4. The zero-order chi connectivity index (χ0) is 14.1. The van der Waals surface area contributed by atoms with E-state index in [0.717, 1.165) is 30.0 Å². The topological polar surface area (TPSA) is 66.8 Å². The molecule has 0 amide bonds. The predicted octanol–water partition coefficient (Wildman–Crippen LogP) is 2.46. The minimum absolute atomic E-state index is 0.492. The quantitative estimate of drug-likeness (QED) is 0.430. The van der Waals surface area contributed by atoms with E-state index in [0.29, 0.717) is 13.0 Å². The molecule has 0 radical (unpaired) electrons. The molecule has 4 heteroatoms. The first-order valence-electron chi connectivity index (χ1n) is 6.42. The van der Waals surface area contributed by atoms with Crippen molar-refractivity contribution < 1.29 is 19.7 Å². The van der Waals surface area contributed by atoms with Gasteiger partial charge in [0.15, 0.2) is 6.29 Å². The number of rotatable bonds is 8. The van der Waals surface area contributed by atoms with Crippen LogP contribution in [0, 0.1) is 0 Å². The van der Waals surface area contributed by atoms with Gasteiger partial charge in [-0.15, -0.1) is 0 Å². The number of benzene rings is 1. The Morgan fingerprint density at radius 3 is 2.84 bits per heavy atom. The number of aliphatic hydroxyl groups excluding tert-OH is 1. The van der Waals surface area contributed by atoms with Crippen molar-refractivity contribution in [1.82, 2.24) is 0 Å². The molecule has 0 aromatic heterocycles. The Kier molecular flexibility index (Phi) is 6.85. The summed E-state index contributed by atoms with van der Waals surface area (Å²) in [6.45, 7) is 2.35. The van der Waals surface area contributed by atoms with Crippen LogP contribution in [0.4, 0.5) is 0 Å². The van der Waals surface area contributed by atoms with Crippen molar-refractivity contribution in [3.63, 3.8) is 0 Å². The number of hydrogen-bond acceptors (Lipinski definition) is 3. The van der Waals surface area contributed by atoms with Gasteiger partial charge in [0.25, 0.3) is 0 Å². The van der Waals surface area contributed by atoms with E-state index < -0.39 is 12.3 Å². The van der Waals surface area contributed by atoms with E-state index in [1.165, 1.54) is 0 Å². The molecule has 104 valence electrons. The van der Waals surface area contributed by atoms with Gasteiger partial charge in [-0.05, 0) is 36.5 Å². The summed E-state index contributed by atoms with van der Waals surface area (Å²) < 4.78 is 5.19. The van der Waals surface area contributed by atoms with Crippen molar-refractivity contribution in [3.05, 3.63) is 41.5 Å². The van der Waals surface area contributed by atoms with Crippen molar-refractivity contribution in [2.75, 3.05) is 6.61 Å². The van der Waals surface area contributed by atoms with Crippen LogP contribution in [-0.4, -0.2) is 29.1 Å². The van der Waals surface area contributed by atoms with E-state index in [1.54, 1.807) is 6.08 Å². The minimum atomic E-state index is -0.954. The van der Waals surface area contributed by atoms with Crippen LogP contribution >= 0.6 is 0 Å². The number of carboxylic acids is 1. The van der Waals surface area contributed by atoms with Crippen molar-refractivity contribution in [3.8, 4) is 0 Å². The van der Waals surface area contributed by atoms with Gasteiger partial charge in [-0.1, -0.05) is 31.2 Å². The third kappa shape index (κ3) is 6.18. The maximum Gasteiger partial charge on any atom is 0.328 e. The number of carboxylic acid groups (broad SMARTS) is 1. The fourth-order valence-electron chi connectivity index (χ4n) is 1.69. The van der Waals surface area contributed by atoms with Crippen LogP contribution in [0.25, 0.3) is 6.08 Å². The highest BCUT2D eigenvalue weighted by Gasteiger charge is 2.02. The lowest BCUT2D eigenvalue weighted by atomic mass is 10.0. The zero-order valence-electron chi connectivity index (χ0n) is 11.1. The lowest BCUT2D eigenvalue weighted by molar-refractivity contribution is -0.131. The van der Waals surface area contributed by atoms with E-state index in [9.17, 15) is 9.90 Å². The molecule has 1 rings (SSSR count). The largest absolute Gasteiger partial charge is 0.478 e. The Morgan fingerprint density at radius 2 is 2.16 bits per heavy atom. The van der Waals surface area contributed by atoms with Crippen LogP contribution in [0.2, 0.25) is 0 Å². The van der Waals surface area contributed by atoms with Crippen LogP contribution in [0.15, 0.2) is 30.3 Å². The Morgan fingerprint density at radius 1 is 1.42 bits per heavy atom. The number of aliphatic carboxylic acids is 1. The molecule has 1 aromatic carbocycles. The van der Waals surface area contributed by atoms with Gasteiger partial charge in [-0.25, -0.2) is 4.79 Å². The van der Waals surface area contributed by atoms with Crippen molar-refractivity contribution in [1.29, 1.82) is 0 Å². The highest BCUT2D eigenvalue weighted by molar-refractivity contribution is 5.85. The van der Waals surface area contributed by atoms with Crippen molar-refractivity contribution >= 4 is 12.0 Å². The molecule has 0 aliphatic carbocycles. The van der Waals surface area contributed by atoms with E-state index in [2.05, 4.69) is 0 Å². The zero-order valence-corrected chi connectivity index (χ0v) is 11.1. The summed E-state index contributed by atoms with van der Waals surface area (Å²) in [5.41, 5.74) is 1.98. The molecule has 2 N–H and O–H groups in total. The van der Waals surface area contributed by atoms with Crippen LogP contribution in [-0.2, 0) is 16.0 Å². The van der Waals surface area contributed by atoms with Gasteiger partial charge in [0.1, 0.15) is 0 Å². The van der Waals surface area contributed by atoms with Crippen molar-refractivity contribution in [2.45, 2.75) is 32.5 Å². The second kappa shape index (κ2) is 8.45. The molecule has 1 unspecified atom stereocenters. The molecule has 0 aliphatic heterocycles. The highest BCUT2D eigenvalue weighted by Crippen LogP contribution is 2.13. The second-order valence-corrected chi connectivity index (χ2v) is 4.21. The molecule has 0 saturated heterocycles. The van der Waals surface area contributed by atoms with Crippen LogP contribution in [0.1, 0.15) is 30.9 Å².